The highest BCUT2D eigenvalue weighted by atomic mass is 35.5. The normalized spacial score (nSPS) is 9.19. The molecule has 0 aliphatic carbocycles. The topological polar surface area (TPSA) is 38.9 Å². The summed E-state index contributed by atoms with van der Waals surface area (Å²) in [5.74, 6) is 0. The van der Waals surface area contributed by atoms with Crippen LogP contribution in [0.3, 0.4) is 0 Å². The van der Waals surface area contributed by atoms with Gasteiger partial charge in [-0.3, -0.25) is 4.98 Å². The van der Waals surface area contributed by atoms with E-state index in [2.05, 4.69) is 4.98 Å². The average Bonchev–Trinajstić information content (AvgIpc) is 2.36. The molecule has 0 radical (unpaired) electrons. The van der Waals surface area contributed by atoms with Crippen molar-refractivity contribution >= 4 is 17.3 Å². The third-order valence-corrected chi connectivity index (χ3v) is 2.31. The van der Waals surface area contributed by atoms with Gasteiger partial charge in [0.25, 0.3) is 0 Å². The number of nitrogens with zero attached hydrogens (tertiary/aromatic N) is 1. The van der Waals surface area contributed by atoms with Crippen LogP contribution in [0.5, 0.6) is 0 Å². The maximum absolute atomic E-state index is 5.90. The van der Waals surface area contributed by atoms with E-state index in [1.807, 2.05) is 44.2 Å². The molecule has 0 saturated carbocycles. The molecule has 0 aliphatic rings. The summed E-state index contributed by atoms with van der Waals surface area (Å²) in [7, 11) is 0. The van der Waals surface area contributed by atoms with E-state index >= 15 is 0 Å². The predicted octanol–water partition coefficient (Wildman–Crippen LogP) is 4.01. The molecule has 2 nitrogen and oxygen atoms in total. The third kappa shape index (κ3) is 2.74. The molecule has 2 rings (SSSR count). The molecule has 84 valence electrons. The number of benzene rings is 1. The summed E-state index contributed by atoms with van der Waals surface area (Å²) in [6.45, 7) is 4.00. The van der Waals surface area contributed by atoms with Crippen molar-refractivity contribution in [1.82, 2.24) is 4.98 Å². The number of anilines is 1. The lowest BCUT2D eigenvalue weighted by Crippen LogP contribution is -1.93. The molecule has 0 spiro atoms. The fraction of sp³-hybridized carbons (Fsp3) is 0.154. The Balaban J connectivity index is 0.000000606. The number of nitrogens with two attached hydrogens (primary N) is 1. The van der Waals surface area contributed by atoms with Crippen LogP contribution >= 0.6 is 11.6 Å². The van der Waals surface area contributed by atoms with Gasteiger partial charge in [0.15, 0.2) is 0 Å². The second kappa shape index (κ2) is 6.13. The minimum Gasteiger partial charge on any atom is -0.396 e. The van der Waals surface area contributed by atoms with Crippen LogP contribution in [0.15, 0.2) is 42.6 Å². The molecule has 0 amide bonds. The SMILES string of the molecule is CC.Nc1c(Cl)ccnc1-c1ccccc1. The fourth-order valence-electron chi connectivity index (χ4n) is 1.28. The van der Waals surface area contributed by atoms with Gasteiger partial charge >= 0.3 is 0 Å². The minimum atomic E-state index is 0.528. The summed E-state index contributed by atoms with van der Waals surface area (Å²) in [6.07, 6.45) is 1.65. The molecule has 0 fully saturated rings. The smallest absolute Gasteiger partial charge is 0.0946 e. The molecule has 0 bridgehead atoms. The van der Waals surface area contributed by atoms with Crippen LogP contribution in [-0.4, -0.2) is 4.98 Å². The number of nitrogen functional groups attached to an aromatic ring is 1. The number of pyridine rings is 1. The fourth-order valence-corrected chi connectivity index (χ4v) is 1.42. The molecule has 1 aromatic carbocycles. The van der Waals surface area contributed by atoms with Crippen LogP contribution in [0.4, 0.5) is 5.69 Å². The minimum absolute atomic E-state index is 0.528. The summed E-state index contributed by atoms with van der Waals surface area (Å²) in [5, 5.41) is 0.541. The van der Waals surface area contributed by atoms with E-state index in [0.29, 0.717) is 10.7 Å². The zero-order valence-electron chi connectivity index (χ0n) is 9.44. The van der Waals surface area contributed by atoms with Crippen molar-refractivity contribution < 1.29 is 0 Å². The van der Waals surface area contributed by atoms with Crippen LogP contribution in [-0.2, 0) is 0 Å². The Labute approximate surface area is 101 Å². The van der Waals surface area contributed by atoms with E-state index < -0.39 is 0 Å². The highest BCUT2D eigenvalue weighted by Crippen LogP contribution is 2.28. The largest absolute Gasteiger partial charge is 0.396 e. The number of hydrogen-bond acceptors (Lipinski definition) is 2. The molecule has 2 aromatic rings. The number of rotatable bonds is 1. The molecule has 1 aromatic heterocycles. The maximum Gasteiger partial charge on any atom is 0.0946 e. The first kappa shape index (κ1) is 12.5. The zero-order valence-corrected chi connectivity index (χ0v) is 10.2. The summed E-state index contributed by atoms with van der Waals surface area (Å²) in [4.78, 5) is 4.20. The third-order valence-electron chi connectivity index (χ3n) is 1.98. The number of halogens is 1. The Hall–Kier alpha value is -1.54. The Bertz CT molecular complexity index is 441. The van der Waals surface area contributed by atoms with E-state index in [1.54, 1.807) is 12.3 Å². The van der Waals surface area contributed by atoms with Crippen molar-refractivity contribution in [1.29, 1.82) is 0 Å². The number of hydrogen-bond donors (Lipinski definition) is 1. The monoisotopic (exact) mass is 234 g/mol. The van der Waals surface area contributed by atoms with Gasteiger partial charge in [0.2, 0.25) is 0 Å². The van der Waals surface area contributed by atoms with Crippen molar-refractivity contribution in [3.05, 3.63) is 47.6 Å². The summed E-state index contributed by atoms with van der Waals surface area (Å²) >= 11 is 5.90. The molecule has 0 aliphatic heterocycles. The average molecular weight is 235 g/mol. The highest BCUT2D eigenvalue weighted by Gasteiger charge is 2.05. The van der Waals surface area contributed by atoms with E-state index in [4.69, 9.17) is 17.3 Å². The van der Waals surface area contributed by atoms with Crippen molar-refractivity contribution in [3.63, 3.8) is 0 Å². The van der Waals surface area contributed by atoms with Gasteiger partial charge in [0.1, 0.15) is 0 Å². The lowest BCUT2D eigenvalue weighted by atomic mass is 10.1. The quantitative estimate of drug-likeness (QED) is 0.810. The van der Waals surface area contributed by atoms with Gasteiger partial charge in [0, 0.05) is 11.8 Å². The van der Waals surface area contributed by atoms with Crippen molar-refractivity contribution in [2.75, 3.05) is 5.73 Å². The second-order valence-electron chi connectivity index (χ2n) is 2.92. The molecular formula is C13H15ClN2. The Morgan fingerprint density at radius 3 is 2.31 bits per heavy atom. The molecule has 3 heteroatoms. The van der Waals surface area contributed by atoms with Gasteiger partial charge in [-0.1, -0.05) is 55.8 Å². The van der Waals surface area contributed by atoms with Gasteiger partial charge in [-0.15, -0.1) is 0 Å². The lowest BCUT2D eigenvalue weighted by molar-refractivity contribution is 1.33. The molecular weight excluding hydrogens is 220 g/mol. The first-order valence-corrected chi connectivity index (χ1v) is 5.62. The standard InChI is InChI=1S/C11H9ClN2.C2H6/c12-9-6-7-14-11(10(9)13)8-4-2-1-3-5-8;1-2/h1-7H,13H2;1-2H3. The molecule has 2 N–H and O–H groups in total. The molecule has 1 heterocycles. The van der Waals surface area contributed by atoms with Gasteiger partial charge in [-0.2, -0.15) is 0 Å². The Morgan fingerprint density at radius 2 is 1.69 bits per heavy atom. The zero-order chi connectivity index (χ0) is 12.0. The van der Waals surface area contributed by atoms with Gasteiger partial charge in [0.05, 0.1) is 16.4 Å². The van der Waals surface area contributed by atoms with Gasteiger partial charge in [-0.05, 0) is 6.07 Å². The Morgan fingerprint density at radius 1 is 1.06 bits per heavy atom. The van der Waals surface area contributed by atoms with Crippen molar-refractivity contribution in [2.45, 2.75) is 13.8 Å². The second-order valence-corrected chi connectivity index (χ2v) is 3.33. The maximum atomic E-state index is 5.90. The van der Waals surface area contributed by atoms with Crippen LogP contribution in [0.25, 0.3) is 11.3 Å². The highest BCUT2D eigenvalue weighted by molar-refractivity contribution is 6.33. The van der Waals surface area contributed by atoms with Crippen LogP contribution in [0.1, 0.15) is 13.8 Å². The summed E-state index contributed by atoms with van der Waals surface area (Å²) < 4.78 is 0. The molecule has 0 atom stereocenters. The van der Waals surface area contributed by atoms with E-state index in [9.17, 15) is 0 Å². The van der Waals surface area contributed by atoms with E-state index in [1.165, 1.54) is 0 Å². The lowest BCUT2D eigenvalue weighted by Gasteiger charge is -2.05. The van der Waals surface area contributed by atoms with Crippen molar-refractivity contribution in [2.24, 2.45) is 0 Å². The van der Waals surface area contributed by atoms with E-state index in [0.717, 1.165) is 11.3 Å². The van der Waals surface area contributed by atoms with Gasteiger partial charge in [-0.25, -0.2) is 0 Å². The van der Waals surface area contributed by atoms with Gasteiger partial charge < -0.3 is 5.73 Å². The molecule has 0 saturated heterocycles. The molecule has 0 unspecified atom stereocenters. The predicted molar refractivity (Wildman–Crippen MR) is 70.4 cm³/mol. The van der Waals surface area contributed by atoms with Crippen LogP contribution in [0.2, 0.25) is 5.02 Å². The first-order valence-electron chi connectivity index (χ1n) is 5.24. The first-order chi connectivity index (χ1) is 7.79. The molecule has 16 heavy (non-hydrogen) atoms. The number of aromatic nitrogens is 1. The summed E-state index contributed by atoms with van der Waals surface area (Å²) in [6, 6.07) is 11.4. The Kier molecular flexibility index (Phi) is 4.80. The van der Waals surface area contributed by atoms with Crippen LogP contribution in [0, 0.1) is 0 Å². The summed E-state index contributed by atoms with van der Waals surface area (Å²) in [5.41, 5.74) is 8.06. The van der Waals surface area contributed by atoms with Crippen LogP contribution < -0.4 is 5.73 Å². The van der Waals surface area contributed by atoms with Crippen molar-refractivity contribution in [3.8, 4) is 11.3 Å². The van der Waals surface area contributed by atoms with E-state index in [-0.39, 0.29) is 0 Å².